The summed E-state index contributed by atoms with van der Waals surface area (Å²) in [6, 6.07) is 18.2. The van der Waals surface area contributed by atoms with Crippen LogP contribution in [0.4, 0.5) is 10.8 Å². The quantitative estimate of drug-likeness (QED) is 0.669. The third kappa shape index (κ3) is 4.93. The second kappa shape index (κ2) is 8.84. The van der Waals surface area contributed by atoms with Crippen LogP contribution in [-0.4, -0.2) is 16.1 Å². The molecule has 1 aromatic heterocycles. The van der Waals surface area contributed by atoms with Crippen molar-refractivity contribution in [1.82, 2.24) is 4.98 Å². The highest BCUT2D eigenvalue weighted by atomic mass is 32.1. The molecule has 0 saturated carbocycles. The van der Waals surface area contributed by atoms with Crippen LogP contribution in [0.2, 0.25) is 0 Å². The first-order valence-electron chi connectivity index (χ1n) is 7.79. The molecule has 3 aromatic rings. The average Bonchev–Trinajstić information content (AvgIpc) is 3.04. The molecule has 0 aliphatic rings. The predicted molar refractivity (Wildman–Crippen MR) is 100.0 cm³/mol. The van der Waals surface area contributed by atoms with Crippen LogP contribution >= 0.6 is 11.3 Å². The largest absolute Gasteiger partial charge is 0.481 e. The van der Waals surface area contributed by atoms with Gasteiger partial charge in [0, 0.05) is 11.1 Å². The minimum absolute atomic E-state index is 0.0505. The van der Waals surface area contributed by atoms with E-state index in [1.165, 1.54) is 16.9 Å². The fraction of sp³-hybridized carbons (Fsp3) is 0.158. The van der Waals surface area contributed by atoms with E-state index in [1.807, 2.05) is 56.3 Å². The summed E-state index contributed by atoms with van der Waals surface area (Å²) in [4.78, 5) is 14.9. The molecule has 0 spiro atoms. The molecule has 0 aliphatic carbocycles. The highest BCUT2D eigenvalue weighted by molar-refractivity contribution is 7.13. The van der Waals surface area contributed by atoms with Crippen LogP contribution in [0.3, 0.4) is 0 Å². The van der Waals surface area contributed by atoms with Crippen LogP contribution in [-0.2, 0) is 11.2 Å². The summed E-state index contributed by atoms with van der Waals surface area (Å²) >= 11 is 1.40. The molecule has 0 atom stereocenters. The summed E-state index contributed by atoms with van der Waals surface area (Å²) in [6.07, 6.45) is -0.0505. The van der Waals surface area contributed by atoms with Gasteiger partial charge in [0.1, 0.15) is 0 Å². The van der Waals surface area contributed by atoms with Gasteiger partial charge in [0.05, 0.1) is 12.1 Å². The Balaban J connectivity index is 0.00000100. The van der Waals surface area contributed by atoms with Gasteiger partial charge in [-0.3, -0.25) is 4.79 Å². The number of carboxylic acid groups (broad SMARTS) is 1. The van der Waals surface area contributed by atoms with Crippen molar-refractivity contribution in [2.45, 2.75) is 20.3 Å². The SMILES string of the molecule is CC.O=C(O)Cc1csc(Nc2ccc(-c3ccccc3)cc2)n1. The number of rotatable bonds is 5. The number of aliphatic carboxylic acids is 1. The number of carbonyl (C=O) groups is 1. The van der Waals surface area contributed by atoms with Crippen molar-refractivity contribution < 1.29 is 9.90 Å². The summed E-state index contributed by atoms with van der Waals surface area (Å²) < 4.78 is 0. The molecule has 0 bridgehead atoms. The van der Waals surface area contributed by atoms with Gasteiger partial charge >= 0.3 is 5.97 Å². The Morgan fingerprint density at radius 2 is 1.67 bits per heavy atom. The Bertz CT molecular complexity index is 768. The second-order valence-electron chi connectivity index (χ2n) is 4.78. The molecule has 2 aromatic carbocycles. The molecule has 0 aliphatic heterocycles. The number of aromatic nitrogens is 1. The molecule has 2 N–H and O–H groups in total. The van der Waals surface area contributed by atoms with E-state index in [-0.39, 0.29) is 6.42 Å². The molecule has 5 heteroatoms. The number of anilines is 2. The topological polar surface area (TPSA) is 62.2 Å². The van der Waals surface area contributed by atoms with E-state index in [1.54, 1.807) is 5.38 Å². The zero-order valence-corrected chi connectivity index (χ0v) is 14.5. The van der Waals surface area contributed by atoms with Crippen molar-refractivity contribution in [2.75, 3.05) is 5.32 Å². The van der Waals surface area contributed by atoms with Crippen LogP contribution in [0.15, 0.2) is 60.0 Å². The van der Waals surface area contributed by atoms with Crippen LogP contribution < -0.4 is 5.32 Å². The van der Waals surface area contributed by atoms with E-state index in [0.29, 0.717) is 10.8 Å². The van der Waals surface area contributed by atoms with Gasteiger partial charge in [-0.15, -0.1) is 11.3 Å². The molecular formula is C19H20N2O2S. The monoisotopic (exact) mass is 340 g/mol. The summed E-state index contributed by atoms with van der Waals surface area (Å²) in [6.45, 7) is 4.00. The molecule has 124 valence electrons. The zero-order valence-electron chi connectivity index (χ0n) is 13.7. The number of hydrogen-bond donors (Lipinski definition) is 2. The van der Waals surface area contributed by atoms with Crippen molar-refractivity contribution in [3.05, 3.63) is 65.7 Å². The number of thiazole rings is 1. The molecule has 0 amide bonds. The Kier molecular flexibility index (Phi) is 6.51. The van der Waals surface area contributed by atoms with Gasteiger partial charge in [-0.25, -0.2) is 4.98 Å². The molecule has 0 radical (unpaired) electrons. The third-order valence-electron chi connectivity index (χ3n) is 3.13. The highest BCUT2D eigenvalue weighted by Crippen LogP contribution is 2.24. The van der Waals surface area contributed by atoms with Crippen LogP contribution in [0.25, 0.3) is 11.1 Å². The normalized spacial score (nSPS) is 9.75. The van der Waals surface area contributed by atoms with Crippen LogP contribution in [0.5, 0.6) is 0 Å². The first-order chi connectivity index (χ1) is 11.7. The smallest absolute Gasteiger partial charge is 0.309 e. The van der Waals surface area contributed by atoms with Gasteiger partial charge < -0.3 is 10.4 Å². The zero-order chi connectivity index (χ0) is 17.4. The summed E-state index contributed by atoms with van der Waals surface area (Å²) in [5.74, 6) is -0.871. The molecule has 0 unspecified atom stereocenters. The average molecular weight is 340 g/mol. The Labute approximate surface area is 145 Å². The number of hydrogen-bond acceptors (Lipinski definition) is 4. The van der Waals surface area contributed by atoms with Crippen LogP contribution in [0.1, 0.15) is 19.5 Å². The van der Waals surface area contributed by atoms with Crippen molar-refractivity contribution in [1.29, 1.82) is 0 Å². The number of nitrogens with one attached hydrogen (secondary N) is 1. The number of carboxylic acids is 1. The minimum atomic E-state index is -0.871. The summed E-state index contributed by atoms with van der Waals surface area (Å²) in [5.41, 5.74) is 3.82. The molecular weight excluding hydrogens is 320 g/mol. The lowest BCUT2D eigenvalue weighted by molar-refractivity contribution is -0.136. The maximum atomic E-state index is 10.7. The molecule has 1 heterocycles. The van der Waals surface area contributed by atoms with E-state index in [0.717, 1.165) is 11.3 Å². The van der Waals surface area contributed by atoms with Crippen molar-refractivity contribution in [2.24, 2.45) is 0 Å². The van der Waals surface area contributed by atoms with Gasteiger partial charge in [-0.2, -0.15) is 0 Å². The van der Waals surface area contributed by atoms with E-state index in [2.05, 4.69) is 22.4 Å². The maximum absolute atomic E-state index is 10.7. The first kappa shape index (κ1) is 17.7. The maximum Gasteiger partial charge on any atom is 0.309 e. The summed E-state index contributed by atoms with van der Waals surface area (Å²) in [7, 11) is 0. The second-order valence-corrected chi connectivity index (χ2v) is 5.64. The van der Waals surface area contributed by atoms with Crippen molar-refractivity contribution >= 4 is 28.1 Å². The van der Waals surface area contributed by atoms with E-state index in [9.17, 15) is 4.79 Å². The molecule has 24 heavy (non-hydrogen) atoms. The first-order valence-corrected chi connectivity index (χ1v) is 8.67. The van der Waals surface area contributed by atoms with Gasteiger partial charge in [0.2, 0.25) is 0 Å². The Morgan fingerprint density at radius 1 is 1.04 bits per heavy atom. The van der Waals surface area contributed by atoms with E-state index in [4.69, 9.17) is 5.11 Å². The molecule has 0 fully saturated rings. The lowest BCUT2D eigenvalue weighted by Gasteiger charge is -2.05. The standard InChI is InChI=1S/C17H14N2O2S.C2H6/c20-16(21)10-15-11-22-17(19-15)18-14-8-6-13(7-9-14)12-4-2-1-3-5-12;1-2/h1-9,11H,10H2,(H,18,19)(H,20,21);1-2H3. The lowest BCUT2D eigenvalue weighted by atomic mass is 10.1. The van der Waals surface area contributed by atoms with Gasteiger partial charge in [-0.05, 0) is 23.3 Å². The third-order valence-corrected chi connectivity index (χ3v) is 3.93. The fourth-order valence-electron chi connectivity index (χ4n) is 2.10. The van der Waals surface area contributed by atoms with E-state index >= 15 is 0 Å². The predicted octanol–water partition coefficient (Wildman–Crippen LogP) is 5.21. The van der Waals surface area contributed by atoms with Crippen molar-refractivity contribution in [3.63, 3.8) is 0 Å². The van der Waals surface area contributed by atoms with Gasteiger partial charge in [-0.1, -0.05) is 56.3 Å². The highest BCUT2D eigenvalue weighted by Gasteiger charge is 2.06. The molecule has 3 rings (SSSR count). The number of nitrogens with zero attached hydrogens (tertiary/aromatic N) is 1. The van der Waals surface area contributed by atoms with E-state index < -0.39 is 5.97 Å². The Morgan fingerprint density at radius 3 is 2.29 bits per heavy atom. The van der Waals surface area contributed by atoms with Gasteiger partial charge in [0.25, 0.3) is 0 Å². The van der Waals surface area contributed by atoms with Gasteiger partial charge in [0.15, 0.2) is 5.13 Å². The lowest BCUT2D eigenvalue weighted by Crippen LogP contribution is -2.00. The van der Waals surface area contributed by atoms with Crippen LogP contribution in [0, 0.1) is 0 Å². The molecule has 0 saturated heterocycles. The summed E-state index contributed by atoms with van der Waals surface area (Å²) in [5, 5.41) is 14.4. The van der Waals surface area contributed by atoms with Crippen molar-refractivity contribution in [3.8, 4) is 11.1 Å². The number of benzene rings is 2. The Hall–Kier alpha value is -2.66. The molecule has 4 nitrogen and oxygen atoms in total. The fourth-order valence-corrected chi connectivity index (χ4v) is 2.83. The minimum Gasteiger partial charge on any atom is -0.481 e.